The fraction of sp³-hybridized carbons (Fsp3) is 0.806. The molecule has 0 aliphatic carbocycles. The van der Waals surface area contributed by atoms with E-state index in [1.54, 1.807) is 6.08 Å². The molecular weight excluding hydrogens is 1030 g/mol. The maximum absolute atomic E-state index is 13.3. The van der Waals surface area contributed by atoms with E-state index in [2.05, 4.69) is 79.9 Å². The molecule has 2 aliphatic rings. The number of carbonyl (C=O) groups is 1. The Morgan fingerprint density at radius 2 is 0.827 bits per heavy atom. The van der Waals surface area contributed by atoms with Crippen LogP contribution in [0.3, 0.4) is 0 Å². The number of allylic oxidation sites excluding steroid dienone is 11. The van der Waals surface area contributed by atoms with Gasteiger partial charge in [-0.25, -0.2) is 0 Å². The number of carbonyl (C=O) groups excluding carboxylic acids is 1. The lowest BCUT2D eigenvalue weighted by molar-refractivity contribution is -0.359. The summed E-state index contributed by atoms with van der Waals surface area (Å²) in [7, 11) is 0. The molecule has 0 spiro atoms. The number of unbranched alkanes of at least 4 members (excludes halogenated alkanes) is 29. The first-order chi connectivity index (χ1) is 39.6. The van der Waals surface area contributed by atoms with Gasteiger partial charge in [-0.2, -0.15) is 0 Å². The second-order valence-electron chi connectivity index (χ2n) is 22.9. The van der Waals surface area contributed by atoms with Crippen LogP contribution in [0.2, 0.25) is 0 Å². The second-order valence-corrected chi connectivity index (χ2v) is 22.9. The summed E-state index contributed by atoms with van der Waals surface area (Å²) < 4.78 is 22.8. The summed E-state index contributed by atoms with van der Waals surface area (Å²) in [5, 5.41) is 87.2. The Balaban J connectivity index is 1.71. The van der Waals surface area contributed by atoms with Crippen molar-refractivity contribution in [3.05, 3.63) is 72.9 Å². The van der Waals surface area contributed by atoms with Gasteiger partial charge in [0.15, 0.2) is 12.6 Å². The van der Waals surface area contributed by atoms with Gasteiger partial charge in [-0.1, -0.05) is 234 Å². The fourth-order valence-corrected chi connectivity index (χ4v) is 10.3. The van der Waals surface area contributed by atoms with E-state index in [0.717, 1.165) is 57.8 Å². The molecule has 2 rings (SSSR count). The van der Waals surface area contributed by atoms with Crippen LogP contribution in [-0.2, 0) is 23.7 Å². The molecule has 470 valence electrons. The van der Waals surface area contributed by atoms with Crippen molar-refractivity contribution in [1.29, 1.82) is 0 Å². The van der Waals surface area contributed by atoms with Crippen LogP contribution in [0, 0.1) is 0 Å². The lowest BCUT2D eigenvalue weighted by Crippen LogP contribution is -2.65. The van der Waals surface area contributed by atoms with Gasteiger partial charge in [0.1, 0.15) is 48.8 Å². The molecule has 14 heteroatoms. The number of hydrogen-bond donors (Lipinski definition) is 9. The molecule has 12 atom stereocenters. The van der Waals surface area contributed by atoms with Gasteiger partial charge < -0.3 is 65.1 Å². The number of nitrogens with one attached hydrogen (secondary N) is 1. The van der Waals surface area contributed by atoms with Gasteiger partial charge in [0.25, 0.3) is 0 Å². The summed E-state index contributed by atoms with van der Waals surface area (Å²) >= 11 is 0. The van der Waals surface area contributed by atoms with Gasteiger partial charge in [0.05, 0.1) is 32.0 Å². The van der Waals surface area contributed by atoms with Gasteiger partial charge in [-0.05, 0) is 83.5 Å². The number of rotatable bonds is 52. The van der Waals surface area contributed by atoms with E-state index in [-0.39, 0.29) is 18.9 Å². The van der Waals surface area contributed by atoms with Crippen molar-refractivity contribution in [2.24, 2.45) is 0 Å². The first-order valence-corrected chi connectivity index (χ1v) is 32.7. The molecule has 9 N–H and O–H groups in total. The predicted octanol–water partition coefficient (Wildman–Crippen LogP) is 12.3. The molecule has 0 aromatic carbocycles. The SMILES string of the molecule is CCCCCCC/C=C\C/C=C\C/C=C\CCCCCCCCCCCCCCCCC(=O)NC(COC1OC(CO)C(OC2OC(CO)C(O)C(O)C2O)C(O)C1O)C(O)/C=C/CC/C=C/CC/C=C/CCCCCCCCCC. The quantitative estimate of drug-likeness (QED) is 0.0204. The molecule has 0 aromatic heterocycles. The van der Waals surface area contributed by atoms with Crippen molar-refractivity contribution in [2.75, 3.05) is 19.8 Å². The third-order valence-corrected chi connectivity index (χ3v) is 15.6. The zero-order valence-corrected chi connectivity index (χ0v) is 50.8. The summed E-state index contributed by atoms with van der Waals surface area (Å²) in [6, 6.07) is -0.942. The largest absolute Gasteiger partial charge is 0.394 e. The highest BCUT2D eigenvalue weighted by molar-refractivity contribution is 5.76. The minimum atomic E-state index is -1.79. The Morgan fingerprint density at radius 1 is 0.444 bits per heavy atom. The molecule has 14 nitrogen and oxygen atoms in total. The monoisotopic (exact) mass is 1150 g/mol. The van der Waals surface area contributed by atoms with Crippen LogP contribution in [0.5, 0.6) is 0 Å². The molecule has 2 heterocycles. The van der Waals surface area contributed by atoms with E-state index in [1.807, 2.05) is 6.08 Å². The van der Waals surface area contributed by atoms with Crippen LogP contribution in [0.4, 0.5) is 0 Å². The van der Waals surface area contributed by atoms with E-state index in [0.29, 0.717) is 12.8 Å². The van der Waals surface area contributed by atoms with Crippen LogP contribution in [0.15, 0.2) is 72.9 Å². The maximum atomic E-state index is 13.3. The van der Waals surface area contributed by atoms with E-state index in [1.165, 1.54) is 161 Å². The van der Waals surface area contributed by atoms with Crippen LogP contribution in [0.25, 0.3) is 0 Å². The van der Waals surface area contributed by atoms with Gasteiger partial charge in [-0.15, -0.1) is 0 Å². The van der Waals surface area contributed by atoms with Gasteiger partial charge in [0.2, 0.25) is 5.91 Å². The van der Waals surface area contributed by atoms with E-state index >= 15 is 0 Å². The summed E-state index contributed by atoms with van der Waals surface area (Å²) in [6.45, 7) is 2.77. The van der Waals surface area contributed by atoms with Crippen molar-refractivity contribution in [1.82, 2.24) is 5.32 Å². The van der Waals surface area contributed by atoms with Crippen molar-refractivity contribution in [2.45, 2.75) is 325 Å². The summed E-state index contributed by atoms with van der Waals surface area (Å²) in [6.07, 6.45) is 52.3. The standard InChI is InChI=1S/C67H119NO13/c1-3-5-7-9-11-13-15-17-19-21-23-24-25-26-27-28-29-30-31-32-33-35-37-39-41-43-45-47-49-51-59(72)68-55(56(71)50-48-46-44-42-40-38-36-34-22-20-18-16-14-12-10-8-6-4-2)54-78-66-64(77)62(75)65(58(53-70)80-66)81-67-63(76)61(74)60(73)57(52-69)79-67/h15,17,21-23,25-26,34,40,42,48,50,55-58,60-67,69-71,73-77H,3-14,16,18-20,24,27-33,35-39,41,43-47,49,51-54H2,1-2H3,(H,68,72)/b17-15-,23-21-,26-25-,34-22+,42-40+,50-48+. The maximum Gasteiger partial charge on any atom is 0.220 e. The molecule has 0 aromatic rings. The van der Waals surface area contributed by atoms with Crippen LogP contribution >= 0.6 is 0 Å². The summed E-state index contributed by atoms with van der Waals surface area (Å²) in [5.74, 6) is -0.255. The molecule has 0 saturated carbocycles. The number of aliphatic hydroxyl groups excluding tert-OH is 8. The van der Waals surface area contributed by atoms with E-state index < -0.39 is 86.8 Å². The van der Waals surface area contributed by atoms with Crippen molar-refractivity contribution < 1.29 is 64.6 Å². The third kappa shape index (κ3) is 36.8. The predicted molar refractivity (Wildman–Crippen MR) is 327 cm³/mol. The lowest BCUT2D eigenvalue weighted by atomic mass is 9.97. The highest BCUT2D eigenvalue weighted by Crippen LogP contribution is 2.30. The topological polar surface area (TPSA) is 228 Å². The average molecular weight is 1150 g/mol. The van der Waals surface area contributed by atoms with Crippen LogP contribution in [0.1, 0.15) is 251 Å². The molecule has 2 aliphatic heterocycles. The van der Waals surface area contributed by atoms with E-state index in [4.69, 9.17) is 18.9 Å². The van der Waals surface area contributed by atoms with Crippen LogP contribution < -0.4 is 5.32 Å². The molecule has 1 amide bonds. The van der Waals surface area contributed by atoms with Crippen molar-refractivity contribution >= 4 is 5.91 Å². The van der Waals surface area contributed by atoms with Crippen molar-refractivity contribution in [3.8, 4) is 0 Å². The Morgan fingerprint density at radius 3 is 1.30 bits per heavy atom. The number of ether oxygens (including phenoxy) is 4. The lowest BCUT2D eigenvalue weighted by Gasteiger charge is -2.46. The first kappa shape index (κ1) is 74.5. The third-order valence-electron chi connectivity index (χ3n) is 15.6. The zero-order chi connectivity index (χ0) is 58.8. The van der Waals surface area contributed by atoms with Gasteiger partial charge in [-0.3, -0.25) is 4.79 Å². The first-order valence-electron chi connectivity index (χ1n) is 32.7. The molecule has 2 saturated heterocycles. The normalized spacial score (nSPS) is 24.6. The average Bonchev–Trinajstić information content (AvgIpc) is 3.47. The molecule has 12 unspecified atom stereocenters. The number of aliphatic hydroxyl groups is 8. The van der Waals surface area contributed by atoms with E-state index in [9.17, 15) is 45.6 Å². The highest BCUT2D eigenvalue weighted by atomic mass is 16.7. The number of amides is 1. The molecular formula is C67H119NO13. The molecule has 2 fully saturated rings. The van der Waals surface area contributed by atoms with Crippen LogP contribution in [-0.4, -0.2) is 140 Å². The Hall–Kier alpha value is -2.57. The minimum absolute atomic E-state index is 0.255. The Kier molecular flexibility index (Phi) is 47.7. The zero-order valence-electron chi connectivity index (χ0n) is 50.8. The Bertz CT molecular complexity index is 1630. The minimum Gasteiger partial charge on any atom is -0.394 e. The van der Waals surface area contributed by atoms with Crippen molar-refractivity contribution in [3.63, 3.8) is 0 Å². The smallest absolute Gasteiger partial charge is 0.220 e. The van der Waals surface area contributed by atoms with Gasteiger partial charge in [0, 0.05) is 6.42 Å². The Labute approximate surface area is 491 Å². The fourth-order valence-electron chi connectivity index (χ4n) is 10.3. The summed E-state index contributed by atoms with van der Waals surface area (Å²) in [4.78, 5) is 13.3. The molecule has 81 heavy (non-hydrogen) atoms. The highest BCUT2D eigenvalue weighted by Gasteiger charge is 2.51. The molecule has 0 radical (unpaired) electrons. The van der Waals surface area contributed by atoms with Gasteiger partial charge >= 0.3 is 0 Å². The second kappa shape index (κ2) is 51.8. The molecule has 0 bridgehead atoms. The number of hydrogen-bond acceptors (Lipinski definition) is 13. The summed E-state index contributed by atoms with van der Waals surface area (Å²) in [5.41, 5.74) is 0.